The molecule has 2 aliphatic rings. The monoisotopic (exact) mass is 326 g/mol. The second-order valence-corrected chi connectivity index (χ2v) is 6.56. The Kier molecular flexibility index (Phi) is 4.43. The Hall–Kier alpha value is -2.74. The SMILES string of the molecule is C1=CCc2c(ccc3c2CCc2ccccc2-3)C1.Cc1ncccn1. The Morgan fingerprint density at radius 1 is 0.680 bits per heavy atom. The van der Waals surface area contributed by atoms with Gasteiger partial charge in [0.1, 0.15) is 5.82 Å². The molecule has 2 aromatic carbocycles. The van der Waals surface area contributed by atoms with Gasteiger partial charge in [-0.2, -0.15) is 0 Å². The highest BCUT2D eigenvalue weighted by atomic mass is 14.8. The number of allylic oxidation sites excluding steroid dienone is 2. The van der Waals surface area contributed by atoms with Crippen LogP contribution in [0.4, 0.5) is 0 Å². The van der Waals surface area contributed by atoms with Gasteiger partial charge in [0.05, 0.1) is 0 Å². The van der Waals surface area contributed by atoms with Crippen molar-refractivity contribution in [2.75, 3.05) is 0 Å². The van der Waals surface area contributed by atoms with Crippen LogP contribution in [0.2, 0.25) is 0 Å². The molecule has 3 aromatic rings. The van der Waals surface area contributed by atoms with Crippen LogP contribution in [0, 0.1) is 6.92 Å². The molecule has 0 unspecified atom stereocenters. The number of aromatic nitrogens is 2. The van der Waals surface area contributed by atoms with E-state index in [9.17, 15) is 0 Å². The first kappa shape index (κ1) is 15.8. The third-order valence-electron chi connectivity index (χ3n) is 5.00. The summed E-state index contributed by atoms with van der Waals surface area (Å²) in [5.74, 6) is 0.822. The molecule has 1 aromatic heterocycles. The van der Waals surface area contributed by atoms with Crippen LogP contribution >= 0.6 is 0 Å². The second kappa shape index (κ2) is 7.02. The molecule has 0 amide bonds. The zero-order valence-corrected chi connectivity index (χ0v) is 14.6. The van der Waals surface area contributed by atoms with Gasteiger partial charge in [0, 0.05) is 12.4 Å². The summed E-state index contributed by atoms with van der Waals surface area (Å²) < 4.78 is 0. The van der Waals surface area contributed by atoms with Crippen LogP contribution in [0.15, 0.2) is 67.0 Å². The summed E-state index contributed by atoms with van der Waals surface area (Å²) in [6, 6.07) is 15.3. The Morgan fingerprint density at radius 3 is 2.28 bits per heavy atom. The molecule has 124 valence electrons. The molecular weight excluding hydrogens is 304 g/mol. The number of benzene rings is 2. The van der Waals surface area contributed by atoms with Gasteiger partial charge in [0.15, 0.2) is 0 Å². The Bertz CT molecular complexity index is 911. The van der Waals surface area contributed by atoms with Crippen LogP contribution in [-0.2, 0) is 25.7 Å². The van der Waals surface area contributed by atoms with Gasteiger partial charge in [0.25, 0.3) is 0 Å². The van der Waals surface area contributed by atoms with Crippen molar-refractivity contribution >= 4 is 0 Å². The normalized spacial score (nSPS) is 13.8. The molecule has 0 fully saturated rings. The maximum atomic E-state index is 3.87. The van der Waals surface area contributed by atoms with Gasteiger partial charge in [-0.05, 0) is 72.1 Å². The van der Waals surface area contributed by atoms with Crippen molar-refractivity contribution in [3.8, 4) is 11.1 Å². The Labute approximate surface area is 149 Å². The molecule has 0 atom stereocenters. The second-order valence-electron chi connectivity index (χ2n) is 6.56. The highest BCUT2D eigenvalue weighted by molar-refractivity contribution is 5.75. The summed E-state index contributed by atoms with van der Waals surface area (Å²) in [7, 11) is 0. The molecule has 0 bridgehead atoms. The molecule has 2 nitrogen and oxygen atoms in total. The summed E-state index contributed by atoms with van der Waals surface area (Å²) >= 11 is 0. The van der Waals surface area contributed by atoms with Crippen molar-refractivity contribution < 1.29 is 0 Å². The Balaban J connectivity index is 0.000000190. The molecule has 0 N–H and O–H groups in total. The van der Waals surface area contributed by atoms with E-state index < -0.39 is 0 Å². The Morgan fingerprint density at radius 2 is 1.48 bits per heavy atom. The van der Waals surface area contributed by atoms with Crippen LogP contribution in [0.25, 0.3) is 11.1 Å². The molecule has 2 heteroatoms. The van der Waals surface area contributed by atoms with Crippen molar-refractivity contribution in [1.82, 2.24) is 9.97 Å². The minimum absolute atomic E-state index is 0.822. The van der Waals surface area contributed by atoms with Crippen LogP contribution < -0.4 is 0 Å². The van der Waals surface area contributed by atoms with E-state index in [1.807, 2.05) is 6.92 Å². The fourth-order valence-corrected chi connectivity index (χ4v) is 3.77. The maximum absolute atomic E-state index is 3.87. The predicted octanol–water partition coefficient (Wildman–Crippen LogP) is 4.89. The highest BCUT2D eigenvalue weighted by Crippen LogP contribution is 2.37. The van der Waals surface area contributed by atoms with Gasteiger partial charge in [-0.25, -0.2) is 9.97 Å². The van der Waals surface area contributed by atoms with Crippen molar-refractivity contribution in [2.24, 2.45) is 0 Å². The average molecular weight is 326 g/mol. The lowest BCUT2D eigenvalue weighted by Crippen LogP contribution is -2.10. The number of aryl methyl sites for hydroxylation is 2. The van der Waals surface area contributed by atoms with E-state index in [-0.39, 0.29) is 0 Å². The molecular formula is C23H22N2. The van der Waals surface area contributed by atoms with Crippen LogP contribution in [0.1, 0.15) is 28.1 Å². The first-order valence-corrected chi connectivity index (χ1v) is 8.93. The standard InChI is InChI=1S/C18H16.C5H6N2/c1-3-7-15-13(5-1)9-11-18-16-8-4-2-6-14(16)10-12-17(15)18;1-5-6-3-2-4-7-5/h1-5,7,10,12H,6,8-9,11H2;2-4H,1H3. The van der Waals surface area contributed by atoms with E-state index in [0.717, 1.165) is 18.7 Å². The zero-order valence-electron chi connectivity index (χ0n) is 14.6. The topological polar surface area (TPSA) is 25.8 Å². The molecule has 0 radical (unpaired) electrons. The molecule has 0 spiro atoms. The van der Waals surface area contributed by atoms with Crippen molar-refractivity contribution in [3.63, 3.8) is 0 Å². The van der Waals surface area contributed by atoms with E-state index in [4.69, 9.17) is 0 Å². The largest absolute Gasteiger partial charge is 0.242 e. The van der Waals surface area contributed by atoms with E-state index >= 15 is 0 Å². The number of nitrogens with zero attached hydrogens (tertiary/aromatic N) is 2. The molecule has 0 aliphatic heterocycles. The first-order chi connectivity index (χ1) is 12.3. The number of fused-ring (bicyclic) bond motifs is 5. The lowest BCUT2D eigenvalue weighted by atomic mass is 9.79. The van der Waals surface area contributed by atoms with E-state index in [1.165, 1.54) is 35.1 Å². The molecule has 2 aliphatic carbocycles. The quantitative estimate of drug-likeness (QED) is 0.550. The summed E-state index contributed by atoms with van der Waals surface area (Å²) in [5.41, 5.74) is 9.19. The van der Waals surface area contributed by atoms with Crippen molar-refractivity contribution in [2.45, 2.75) is 32.6 Å². The van der Waals surface area contributed by atoms with Gasteiger partial charge < -0.3 is 0 Å². The fourth-order valence-electron chi connectivity index (χ4n) is 3.77. The fraction of sp³-hybridized carbons (Fsp3) is 0.217. The van der Waals surface area contributed by atoms with Crippen molar-refractivity contribution in [1.29, 1.82) is 0 Å². The smallest absolute Gasteiger partial charge is 0.125 e. The van der Waals surface area contributed by atoms with Gasteiger partial charge in [-0.15, -0.1) is 0 Å². The predicted molar refractivity (Wildman–Crippen MR) is 103 cm³/mol. The third kappa shape index (κ3) is 3.25. The number of rotatable bonds is 0. The summed E-state index contributed by atoms with van der Waals surface area (Å²) in [6.45, 7) is 1.86. The van der Waals surface area contributed by atoms with Gasteiger partial charge in [-0.1, -0.05) is 48.6 Å². The van der Waals surface area contributed by atoms with E-state index in [2.05, 4.69) is 58.5 Å². The number of hydrogen-bond donors (Lipinski definition) is 0. The van der Waals surface area contributed by atoms with E-state index in [0.29, 0.717) is 0 Å². The van der Waals surface area contributed by atoms with Crippen LogP contribution in [0.5, 0.6) is 0 Å². The summed E-state index contributed by atoms with van der Waals surface area (Å²) in [5, 5.41) is 0. The molecule has 0 saturated carbocycles. The highest BCUT2D eigenvalue weighted by Gasteiger charge is 2.20. The third-order valence-corrected chi connectivity index (χ3v) is 5.00. The summed E-state index contributed by atoms with van der Waals surface area (Å²) in [6.07, 6.45) is 12.7. The average Bonchev–Trinajstić information content (AvgIpc) is 2.68. The van der Waals surface area contributed by atoms with Crippen LogP contribution in [-0.4, -0.2) is 9.97 Å². The van der Waals surface area contributed by atoms with Crippen molar-refractivity contribution in [3.05, 3.63) is 95.1 Å². The summed E-state index contributed by atoms with van der Waals surface area (Å²) in [4.78, 5) is 7.74. The first-order valence-electron chi connectivity index (χ1n) is 8.93. The minimum atomic E-state index is 0.822. The van der Waals surface area contributed by atoms with Crippen LogP contribution in [0.3, 0.4) is 0 Å². The number of hydrogen-bond acceptors (Lipinski definition) is 2. The molecule has 25 heavy (non-hydrogen) atoms. The molecule has 1 heterocycles. The van der Waals surface area contributed by atoms with Gasteiger partial charge in [-0.3, -0.25) is 0 Å². The van der Waals surface area contributed by atoms with Gasteiger partial charge in [0.2, 0.25) is 0 Å². The lowest BCUT2D eigenvalue weighted by Gasteiger charge is -2.25. The van der Waals surface area contributed by atoms with E-state index in [1.54, 1.807) is 29.6 Å². The molecule has 5 rings (SSSR count). The zero-order chi connectivity index (χ0) is 17.1. The maximum Gasteiger partial charge on any atom is 0.125 e. The lowest BCUT2D eigenvalue weighted by molar-refractivity contribution is 0.908. The van der Waals surface area contributed by atoms with Gasteiger partial charge >= 0.3 is 0 Å². The minimum Gasteiger partial charge on any atom is -0.242 e. The molecule has 0 saturated heterocycles.